The van der Waals surface area contributed by atoms with E-state index in [0.29, 0.717) is 21.9 Å². The van der Waals surface area contributed by atoms with E-state index in [2.05, 4.69) is 39.4 Å². The number of nitrogens with zero attached hydrogens (tertiary/aromatic N) is 4. The first-order valence-corrected chi connectivity index (χ1v) is 10.8. The minimum atomic E-state index is 0.0978. The van der Waals surface area contributed by atoms with E-state index in [1.165, 1.54) is 17.3 Å². The van der Waals surface area contributed by atoms with Crippen LogP contribution in [0.4, 0.5) is 0 Å². The van der Waals surface area contributed by atoms with Crippen LogP contribution in [-0.2, 0) is 11.3 Å². The molecule has 1 aromatic heterocycles. The molecule has 0 saturated carbocycles. The average Bonchev–Trinajstić information content (AvgIpc) is 3.23. The number of amides is 1. The fraction of sp³-hybridized carbons (Fsp3) is 0.286. The van der Waals surface area contributed by atoms with Crippen molar-refractivity contribution < 1.29 is 9.21 Å². The minimum Gasteiger partial charge on any atom is -0.411 e. The molecule has 0 atom stereocenters. The predicted octanol–water partition coefficient (Wildman–Crippen LogP) is 3.83. The number of hydrogen-bond acceptors (Lipinski definition) is 6. The predicted molar refractivity (Wildman–Crippen MR) is 114 cm³/mol. The Hall–Kier alpha value is -2.35. The number of carbonyl (C=O) groups is 1. The van der Waals surface area contributed by atoms with Gasteiger partial charge < -0.3 is 9.32 Å². The molecule has 0 spiro atoms. The van der Waals surface area contributed by atoms with Crippen LogP contribution in [-0.4, -0.2) is 57.8 Å². The lowest BCUT2D eigenvalue weighted by atomic mass is 10.2. The van der Waals surface area contributed by atoms with Crippen LogP contribution >= 0.6 is 23.4 Å². The van der Waals surface area contributed by atoms with Gasteiger partial charge >= 0.3 is 0 Å². The normalized spacial score (nSPS) is 14.9. The SMILES string of the molecule is O=C(CSc1nnc(-c2ccc(Cl)cc2)o1)N1CCN(Cc2ccccc2)CC1. The Morgan fingerprint density at radius 1 is 1.00 bits per heavy atom. The van der Waals surface area contributed by atoms with E-state index in [4.69, 9.17) is 16.0 Å². The second kappa shape index (κ2) is 9.43. The van der Waals surface area contributed by atoms with E-state index in [0.717, 1.165) is 38.3 Å². The van der Waals surface area contributed by atoms with Gasteiger partial charge in [-0.25, -0.2) is 0 Å². The number of piperazine rings is 1. The van der Waals surface area contributed by atoms with Gasteiger partial charge in [0.05, 0.1) is 5.75 Å². The van der Waals surface area contributed by atoms with Crippen LogP contribution in [0.1, 0.15) is 5.56 Å². The highest BCUT2D eigenvalue weighted by Gasteiger charge is 2.22. The summed E-state index contributed by atoms with van der Waals surface area (Å²) in [5.41, 5.74) is 2.10. The van der Waals surface area contributed by atoms with E-state index >= 15 is 0 Å². The molecule has 0 aliphatic carbocycles. The highest BCUT2D eigenvalue weighted by atomic mass is 35.5. The fourth-order valence-electron chi connectivity index (χ4n) is 3.19. The van der Waals surface area contributed by atoms with Crippen LogP contribution < -0.4 is 0 Å². The van der Waals surface area contributed by atoms with Crippen LogP contribution in [0.2, 0.25) is 5.02 Å². The number of hydrogen-bond donors (Lipinski definition) is 0. The van der Waals surface area contributed by atoms with Crippen LogP contribution in [0.15, 0.2) is 64.2 Å². The number of thioether (sulfide) groups is 1. The Kier molecular flexibility index (Phi) is 6.49. The lowest BCUT2D eigenvalue weighted by molar-refractivity contribution is -0.130. The first-order valence-electron chi connectivity index (χ1n) is 9.44. The zero-order chi connectivity index (χ0) is 20.1. The number of carbonyl (C=O) groups excluding carboxylic acids is 1. The Balaban J connectivity index is 1.24. The minimum absolute atomic E-state index is 0.0978. The van der Waals surface area contributed by atoms with Gasteiger partial charge in [-0.05, 0) is 29.8 Å². The summed E-state index contributed by atoms with van der Waals surface area (Å²) in [5.74, 6) is 0.813. The molecule has 1 aliphatic heterocycles. The lowest BCUT2D eigenvalue weighted by Gasteiger charge is -2.34. The number of rotatable bonds is 6. The molecule has 0 bridgehead atoms. The molecule has 2 heterocycles. The lowest BCUT2D eigenvalue weighted by Crippen LogP contribution is -2.48. The van der Waals surface area contributed by atoms with Crippen LogP contribution in [0.5, 0.6) is 0 Å². The third-order valence-electron chi connectivity index (χ3n) is 4.79. The van der Waals surface area contributed by atoms with Crippen molar-refractivity contribution in [3.8, 4) is 11.5 Å². The van der Waals surface area contributed by atoms with Gasteiger partial charge in [0.2, 0.25) is 11.8 Å². The molecule has 1 fully saturated rings. The molecular formula is C21H21ClN4O2S. The third-order valence-corrected chi connectivity index (χ3v) is 5.85. The summed E-state index contributed by atoms with van der Waals surface area (Å²) >= 11 is 7.17. The van der Waals surface area contributed by atoms with Crippen molar-refractivity contribution in [2.75, 3.05) is 31.9 Å². The maximum Gasteiger partial charge on any atom is 0.277 e. The van der Waals surface area contributed by atoms with Crippen molar-refractivity contribution in [1.29, 1.82) is 0 Å². The standard InChI is InChI=1S/C21H21ClN4O2S/c22-18-8-6-17(7-9-18)20-23-24-21(28-20)29-15-19(27)26-12-10-25(11-13-26)14-16-4-2-1-3-5-16/h1-9H,10-15H2. The van der Waals surface area contributed by atoms with Crippen LogP contribution in [0.3, 0.4) is 0 Å². The second-order valence-corrected chi connectivity index (χ2v) is 8.17. The average molecular weight is 429 g/mol. The highest BCUT2D eigenvalue weighted by Crippen LogP contribution is 2.24. The van der Waals surface area contributed by atoms with Gasteiger partial charge in [-0.2, -0.15) is 0 Å². The van der Waals surface area contributed by atoms with Gasteiger partial charge in [0, 0.05) is 43.3 Å². The Morgan fingerprint density at radius 3 is 2.45 bits per heavy atom. The van der Waals surface area contributed by atoms with Gasteiger partial charge in [0.25, 0.3) is 5.22 Å². The molecule has 29 heavy (non-hydrogen) atoms. The van der Waals surface area contributed by atoms with Gasteiger partial charge in [-0.15, -0.1) is 10.2 Å². The summed E-state index contributed by atoms with van der Waals surface area (Å²) in [4.78, 5) is 16.8. The summed E-state index contributed by atoms with van der Waals surface area (Å²) in [6.45, 7) is 4.17. The first kappa shape index (κ1) is 19.9. The van der Waals surface area contributed by atoms with E-state index in [-0.39, 0.29) is 5.91 Å². The Bertz CT molecular complexity index is 941. The van der Waals surface area contributed by atoms with Crippen molar-refractivity contribution in [3.05, 3.63) is 65.2 Å². The molecule has 1 aliphatic rings. The zero-order valence-electron chi connectivity index (χ0n) is 15.8. The number of halogens is 1. The molecule has 1 saturated heterocycles. The van der Waals surface area contributed by atoms with Crippen molar-refractivity contribution in [2.24, 2.45) is 0 Å². The molecule has 1 amide bonds. The molecule has 4 rings (SSSR count). The Morgan fingerprint density at radius 2 is 1.72 bits per heavy atom. The van der Waals surface area contributed by atoms with Crippen LogP contribution in [0, 0.1) is 0 Å². The van der Waals surface area contributed by atoms with E-state index in [9.17, 15) is 4.79 Å². The van der Waals surface area contributed by atoms with Crippen molar-refractivity contribution >= 4 is 29.3 Å². The largest absolute Gasteiger partial charge is 0.411 e. The fourth-order valence-corrected chi connectivity index (χ4v) is 3.98. The number of aromatic nitrogens is 2. The molecule has 8 heteroatoms. The van der Waals surface area contributed by atoms with E-state index in [1.807, 2.05) is 23.1 Å². The molecule has 0 unspecified atom stereocenters. The van der Waals surface area contributed by atoms with Crippen molar-refractivity contribution in [1.82, 2.24) is 20.0 Å². The third kappa shape index (κ3) is 5.38. The maximum atomic E-state index is 12.5. The smallest absolute Gasteiger partial charge is 0.277 e. The first-order chi connectivity index (χ1) is 14.2. The molecule has 6 nitrogen and oxygen atoms in total. The molecule has 0 N–H and O–H groups in total. The zero-order valence-corrected chi connectivity index (χ0v) is 17.4. The summed E-state index contributed by atoms with van der Waals surface area (Å²) in [6.07, 6.45) is 0. The second-order valence-electron chi connectivity index (χ2n) is 6.81. The highest BCUT2D eigenvalue weighted by molar-refractivity contribution is 7.99. The molecule has 0 radical (unpaired) electrons. The van der Waals surface area contributed by atoms with E-state index in [1.54, 1.807) is 12.1 Å². The van der Waals surface area contributed by atoms with Crippen LogP contribution in [0.25, 0.3) is 11.5 Å². The van der Waals surface area contributed by atoms with Gasteiger partial charge in [-0.3, -0.25) is 9.69 Å². The molecule has 2 aromatic carbocycles. The topological polar surface area (TPSA) is 62.5 Å². The van der Waals surface area contributed by atoms with Crippen molar-refractivity contribution in [2.45, 2.75) is 11.8 Å². The van der Waals surface area contributed by atoms with Gasteiger partial charge in [-0.1, -0.05) is 53.7 Å². The summed E-state index contributed by atoms with van der Waals surface area (Å²) < 4.78 is 5.65. The Labute approximate surface area is 178 Å². The summed E-state index contributed by atoms with van der Waals surface area (Å²) in [7, 11) is 0. The molecule has 3 aromatic rings. The monoisotopic (exact) mass is 428 g/mol. The number of benzene rings is 2. The van der Waals surface area contributed by atoms with Gasteiger partial charge in [0.15, 0.2) is 0 Å². The van der Waals surface area contributed by atoms with E-state index < -0.39 is 0 Å². The summed E-state index contributed by atoms with van der Waals surface area (Å²) in [6, 6.07) is 17.6. The summed E-state index contributed by atoms with van der Waals surface area (Å²) in [5, 5.41) is 9.11. The quantitative estimate of drug-likeness (QED) is 0.556. The van der Waals surface area contributed by atoms with Crippen molar-refractivity contribution in [3.63, 3.8) is 0 Å². The maximum absolute atomic E-state index is 12.5. The molecule has 150 valence electrons. The molecular weight excluding hydrogens is 408 g/mol. The van der Waals surface area contributed by atoms with Gasteiger partial charge in [0.1, 0.15) is 0 Å².